The van der Waals surface area contributed by atoms with Gasteiger partial charge in [-0.15, -0.1) is 0 Å². The Bertz CT molecular complexity index is 342. The van der Waals surface area contributed by atoms with E-state index in [9.17, 15) is 9.59 Å². The molecule has 0 bridgehead atoms. The molecule has 2 amide bonds. The average Bonchev–Trinajstić information content (AvgIpc) is 2.43. The van der Waals surface area contributed by atoms with Crippen LogP contribution in [-0.2, 0) is 9.59 Å². The minimum absolute atomic E-state index is 0.0391. The number of carbonyl (C=O) groups is 2. The first kappa shape index (κ1) is 18.0. The maximum atomic E-state index is 12.6. The molecule has 0 aromatic heterocycles. The van der Waals surface area contributed by atoms with Crippen molar-refractivity contribution < 1.29 is 9.59 Å². The van der Waals surface area contributed by atoms with Crippen LogP contribution in [0.15, 0.2) is 0 Å². The van der Waals surface area contributed by atoms with Crippen LogP contribution >= 0.6 is 0 Å². The van der Waals surface area contributed by atoms with Crippen LogP contribution in [0.2, 0.25) is 0 Å². The van der Waals surface area contributed by atoms with E-state index in [0.29, 0.717) is 5.92 Å². The van der Waals surface area contributed by atoms with Crippen molar-refractivity contribution in [2.75, 3.05) is 6.54 Å². The predicted molar refractivity (Wildman–Crippen MR) is 85.9 cm³/mol. The summed E-state index contributed by atoms with van der Waals surface area (Å²) >= 11 is 0. The molecular formula is C17H32N2O2. The van der Waals surface area contributed by atoms with Gasteiger partial charge in [-0.25, -0.2) is 0 Å². The first-order valence-electron chi connectivity index (χ1n) is 8.62. The van der Waals surface area contributed by atoms with Gasteiger partial charge in [0.15, 0.2) is 0 Å². The zero-order valence-corrected chi connectivity index (χ0v) is 14.2. The molecule has 2 atom stereocenters. The molecule has 122 valence electrons. The van der Waals surface area contributed by atoms with Crippen LogP contribution in [0, 0.1) is 5.92 Å². The van der Waals surface area contributed by atoms with Crippen molar-refractivity contribution in [2.24, 2.45) is 5.92 Å². The molecule has 4 nitrogen and oxygen atoms in total. The number of hydrogen-bond acceptors (Lipinski definition) is 2. The molecule has 1 aliphatic heterocycles. The molecule has 0 saturated carbocycles. The van der Waals surface area contributed by atoms with Crippen LogP contribution in [-0.4, -0.2) is 35.3 Å². The normalized spacial score (nSPS) is 22.8. The zero-order chi connectivity index (χ0) is 15.8. The second-order valence-electron chi connectivity index (χ2n) is 6.59. The predicted octanol–water partition coefficient (Wildman–Crippen LogP) is 3.11. The lowest BCUT2D eigenvalue weighted by atomic mass is 9.96. The highest BCUT2D eigenvalue weighted by molar-refractivity contribution is 5.96. The van der Waals surface area contributed by atoms with E-state index in [2.05, 4.69) is 26.1 Å². The SMILES string of the molecule is CCCCCCN1C(=O)C(CCC)NC(=O)C1CC(C)C. The molecular weight excluding hydrogens is 264 g/mol. The van der Waals surface area contributed by atoms with Gasteiger partial charge >= 0.3 is 0 Å². The van der Waals surface area contributed by atoms with Crippen LogP contribution in [0.3, 0.4) is 0 Å². The first-order valence-corrected chi connectivity index (χ1v) is 8.62. The highest BCUT2D eigenvalue weighted by atomic mass is 16.2. The molecule has 0 aromatic carbocycles. The van der Waals surface area contributed by atoms with Gasteiger partial charge in [0.1, 0.15) is 12.1 Å². The fourth-order valence-corrected chi connectivity index (χ4v) is 2.97. The summed E-state index contributed by atoms with van der Waals surface area (Å²) in [6.07, 6.45) is 6.92. The molecule has 0 spiro atoms. The Labute approximate surface area is 129 Å². The molecule has 1 heterocycles. The number of nitrogens with zero attached hydrogens (tertiary/aromatic N) is 1. The third-order valence-electron chi connectivity index (χ3n) is 4.10. The van der Waals surface area contributed by atoms with Gasteiger partial charge in [-0.2, -0.15) is 0 Å². The van der Waals surface area contributed by atoms with Gasteiger partial charge in [0.2, 0.25) is 11.8 Å². The Kier molecular flexibility index (Phi) is 7.76. The lowest BCUT2D eigenvalue weighted by molar-refractivity contribution is -0.150. The number of unbranched alkanes of at least 4 members (excludes halogenated alkanes) is 3. The monoisotopic (exact) mass is 296 g/mol. The molecule has 1 aliphatic rings. The molecule has 1 fully saturated rings. The summed E-state index contributed by atoms with van der Waals surface area (Å²) < 4.78 is 0. The van der Waals surface area contributed by atoms with Gasteiger partial charge < -0.3 is 10.2 Å². The summed E-state index contributed by atoms with van der Waals surface area (Å²) in [4.78, 5) is 26.8. The molecule has 4 heteroatoms. The molecule has 1 rings (SSSR count). The van der Waals surface area contributed by atoms with Crippen LogP contribution in [0.1, 0.15) is 72.6 Å². The standard InChI is InChI=1S/C17H32N2O2/c1-5-7-8-9-11-19-15(12-13(3)4)16(20)18-14(10-6-2)17(19)21/h13-15H,5-12H2,1-4H3,(H,18,20). The van der Waals surface area contributed by atoms with E-state index in [4.69, 9.17) is 0 Å². The van der Waals surface area contributed by atoms with Crippen molar-refractivity contribution in [1.29, 1.82) is 0 Å². The molecule has 0 aliphatic carbocycles. The van der Waals surface area contributed by atoms with Gasteiger partial charge in [-0.05, 0) is 25.2 Å². The van der Waals surface area contributed by atoms with E-state index in [1.54, 1.807) is 0 Å². The Morgan fingerprint density at radius 3 is 2.38 bits per heavy atom. The maximum Gasteiger partial charge on any atom is 0.245 e. The fraction of sp³-hybridized carbons (Fsp3) is 0.882. The zero-order valence-electron chi connectivity index (χ0n) is 14.2. The van der Waals surface area contributed by atoms with Crippen LogP contribution in [0.4, 0.5) is 0 Å². The van der Waals surface area contributed by atoms with Gasteiger partial charge in [-0.3, -0.25) is 9.59 Å². The molecule has 21 heavy (non-hydrogen) atoms. The van der Waals surface area contributed by atoms with Gasteiger partial charge in [0.05, 0.1) is 0 Å². The summed E-state index contributed by atoms with van der Waals surface area (Å²) in [6, 6.07) is -0.579. The van der Waals surface area contributed by atoms with Crippen molar-refractivity contribution in [2.45, 2.75) is 84.7 Å². The fourth-order valence-electron chi connectivity index (χ4n) is 2.97. The number of carbonyl (C=O) groups excluding carboxylic acids is 2. The Morgan fingerprint density at radius 2 is 1.81 bits per heavy atom. The van der Waals surface area contributed by atoms with Crippen LogP contribution in [0.25, 0.3) is 0 Å². The van der Waals surface area contributed by atoms with Crippen molar-refractivity contribution in [1.82, 2.24) is 10.2 Å². The Balaban J connectivity index is 2.74. The van der Waals surface area contributed by atoms with E-state index >= 15 is 0 Å². The van der Waals surface area contributed by atoms with Gasteiger partial charge in [0, 0.05) is 6.54 Å². The molecule has 2 unspecified atom stereocenters. The summed E-state index contributed by atoms with van der Waals surface area (Å²) in [5, 5.41) is 2.92. The van der Waals surface area contributed by atoms with Crippen molar-refractivity contribution >= 4 is 11.8 Å². The highest BCUT2D eigenvalue weighted by Crippen LogP contribution is 2.20. The molecule has 1 saturated heterocycles. The van der Waals surface area contributed by atoms with Crippen molar-refractivity contribution in [3.63, 3.8) is 0 Å². The lowest BCUT2D eigenvalue weighted by Gasteiger charge is -2.39. The lowest BCUT2D eigenvalue weighted by Crippen LogP contribution is -2.63. The minimum atomic E-state index is -0.308. The maximum absolute atomic E-state index is 12.6. The van der Waals surface area contributed by atoms with Crippen molar-refractivity contribution in [3.8, 4) is 0 Å². The quantitative estimate of drug-likeness (QED) is 0.665. The van der Waals surface area contributed by atoms with Gasteiger partial charge in [0.25, 0.3) is 0 Å². The summed E-state index contributed by atoms with van der Waals surface area (Å²) in [7, 11) is 0. The van der Waals surface area contributed by atoms with Crippen LogP contribution < -0.4 is 5.32 Å². The first-order chi connectivity index (χ1) is 10.0. The molecule has 1 N–H and O–H groups in total. The van der Waals surface area contributed by atoms with E-state index in [1.165, 1.54) is 12.8 Å². The molecule has 0 radical (unpaired) electrons. The number of amides is 2. The molecule has 0 aromatic rings. The largest absolute Gasteiger partial charge is 0.343 e. The number of hydrogen-bond donors (Lipinski definition) is 1. The van der Waals surface area contributed by atoms with E-state index < -0.39 is 0 Å². The highest BCUT2D eigenvalue weighted by Gasteiger charge is 2.39. The second-order valence-corrected chi connectivity index (χ2v) is 6.59. The van der Waals surface area contributed by atoms with E-state index in [-0.39, 0.29) is 23.9 Å². The Morgan fingerprint density at radius 1 is 1.10 bits per heavy atom. The van der Waals surface area contributed by atoms with Crippen LogP contribution in [0.5, 0.6) is 0 Å². The third-order valence-corrected chi connectivity index (χ3v) is 4.10. The summed E-state index contributed by atoms with van der Waals surface area (Å²) in [5.74, 6) is 0.574. The summed E-state index contributed by atoms with van der Waals surface area (Å²) in [5.41, 5.74) is 0. The second kappa shape index (κ2) is 9.06. The average molecular weight is 296 g/mol. The number of nitrogens with one attached hydrogen (secondary N) is 1. The number of rotatable bonds is 9. The smallest absolute Gasteiger partial charge is 0.245 e. The van der Waals surface area contributed by atoms with Gasteiger partial charge in [-0.1, -0.05) is 53.4 Å². The van der Waals surface area contributed by atoms with E-state index in [1.807, 2.05) is 11.8 Å². The van der Waals surface area contributed by atoms with Crippen molar-refractivity contribution in [3.05, 3.63) is 0 Å². The Hall–Kier alpha value is -1.06. The summed E-state index contributed by atoms with van der Waals surface area (Å²) in [6.45, 7) is 9.16. The number of piperazine rings is 1. The van der Waals surface area contributed by atoms with E-state index in [0.717, 1.165) is 38.6 Å². The minimum Gasteiger partial charge on any atom is -0.343 e. The third kappa shape index (κ3) is 5.33. The topological polar surface area (TPSA) is 49.4 Å².